The van der Waals surface area contributed by atoms with Crippen LogP contribution in [0, 0.1) is 11.6 Å². The lowest BCUT2D eigenvalue weighted by atomic mass is 10.3. The second-order valence-electron chi connectivity index (χ2n) is 5.82. The Kier molecular flexibility index (Phi) is 4.83. The standard InChI is InChI=1S/C17H17F2N5O2S/c1-22(14-8-4-12(18)5-9-14)16-20-21-17(23(16)2)24(3)27(25,26)15-10-6-13(19)7-11-15/h4-11H,1-3H3. The maximum absolute atomic E-state index is 13.1. The van der Waals surface area contributed by atoms with Gasteiger partial charge in [-0.05, 0) is 48.5 Å². The molecule has 1 aromatic heterocycles. The van der Waals surface area contributed by atoms with Crippen LogP contribution in [0.4, 0.5) is 26.4 Å². The minimum absolute atomic E-state index is 0.0668. The van der Waals surface area contributed by atoms with Crippen molar-refractivity contribution in [2.45, 2.75) is 4.90 Å². The van der Waals surface area contributed by atoms with Crippen LogP contribution in [0.1, 0.15) is 0 Å². The molecule has 7 nitrogen and oxygen atoms in total. The predicted octanol–water partition coefficient (Wildman–Crippen LogP) is 2.69. The van der Waals surface area contributed by atoms with Crippen molar-refractivity contribution in [2.75, 3.05) is 23.3 Å². The van der Waals surface area contributed by atoms with Crippen LogP contribution in [-0.2, 0) is 17.1 Å². The molecular formula is C17H17F2N5O2S. The molecule has 2 aromatic carbocycles. The van der Waals surface area contributed by atoms with E-state index >= 15 is 0 Å². The Morgan fingerprint density at radius 3 is 1.89 bits per heavy atom. The summed E-state index contributed by atoms with van der Waals surface area (Å²) in [5.74, 6) is -0.463. The van der Waals surface area contributed by atoms with Crippen LogP contribution >= 0.6 is 0 Å². The molecule has 3 rings (SSSR count). The summed E-state index contributed by atoms with van der Waals surface area (Å²) in [7, 11) is 0.715. The largest absolute Gasteiger partial charge is 0.314 e. The predicted molar refractivity (Wildman–Crippen MR) is 97.5 cm³/mol. The third-order valence-electron chi connectivity index (χ3n) is 4.10. The monoisotopic (exact) mass is 393 g/mol. The van der Waals surface area contributed by atoms with Gasteiger partial charge in [0.05, 0.1) is 4.90 Å². The van der Waals surface area contributed by atoms with Crippen LogP contribution < -0.4 is 9.21 Å². The maximum Gasteiger partial charge on any atom is 0.266 e. The molecule has 0 saturated carbocycles. The van der Waals surface area contributed by atoms with E-state index in [9.17, 15) is 17.2 Å². The van der Waals surface area contributed by atoms with Crippen molar-refractivity contribution in [3.05, 3.63) is 60.2 Å². The van der Waals surface area contributed by atoms with Crippen molar-refractivity contribution < 1.29 is 17.2 Å². The lowest BCUT2D eigenvalue weighted by Crippen LogP contribution is -2.29. The molecule has 0 aliphatic rings. The summed E-state index contributed by atoms with van der Waals surface area (Å²) in [5, 5.41) is 7.99. The molecule has 0 fully saturated rings. The number of sulfonamides is 1. The van der Waals surface area contributed by atoms with E-state index < -0.39 is 15.8 Å². The molecule has 0 bridgehead atoms. The van der Waals surface area contributed by atoms with Crippen LogP contribution in [0.25, 0.3) is 0 Å². The first-order chi connectivity index (χ1) is 12.7. The Labute approximate surface area is 155 Å². The van der Waals surface area contributed by atoms with Gasteiger partial charge in [-0.3, -0.25) is 4.57 Å². The fourth-order valence-electron chi connectivity index (χ4n) is 2.53. The highest BCUT2D eigenvalue weighted by molar-refractivity contribution is 7.92. The summed E-state index contributed by atoms with van der Waals surface area (Å²) in [6.07, 6.45) is 0. The van der Waals surface area contributed by atoms with Crippen molar-refractivity contribution in [1.82, 2.24) is 14.8 Å². The molecule has 27 heavy (non-hydrogen) atoms. The topological polar surface area (TPSA) is 71.3 Å². The smallest absolute Gasteiger partial charge is 0.266 e. The van der Waals surface area contributed by atoms with Gasteiger partial charge in [-0.25, -0.2) is 21.5 Å². The van der Waals surface area contributed by atoms with Gasteiger partial charge >= 0.3 is 0 Å². The van der Waals surface area contributed by atoms with Gasteiger partial charge in [0.15, 0.2) is 0 Å². The zero-order chi connectivity index (χ0) is 19.8. The SMILES string of the molecule is CN(c1ccc(F)cc1)c1nnc(N(C)S(=O)(=O)c2ccc(F)cc2)n1C. The number of hydrogen-bond donors (Lipinski definition) is 0. The molecule has 0 N–H and O–H groups in total. The van der Waals surface area contributed by atoms with Crippen LogP contribution in [0.3, 0.4) is 0 Å². The third kappa shape index (κ3) is 3.47. The van der Waals surface area contributed by atoms with Gasteiger partial charge in [-0.15, -0.1) is 10.2 Å². The Morgan fingerprint density at radius 1 is 0.852 bits per heavy atom. The summed E-state index contributed by atoms with van der Waals surface area (Å²) in [5.41, 5.74) is 0.655. The lowest BCUT2D eigenvalue weighted by molar-refractivity contribution is 0.591. The van der Waals surface area contributed by atoms with Gasteiger partial charge < -0.3 is 4.90 Å². The molecule has 0 unspecified atom stereocenters. The Balaban J connectivity index is 1.94. The number of benzene rings is 2. The first kappa shape index (κ1) is 18.8. The van der Waals surface area contributed by atoms with E-state index in [1.807, 2.05) is 0 Å². The quantitative estimate of drug-likeness (QED) is 0.667. The van der Waals surface area contributed by atoms with Crippen LogP contribution in [-0.4, -0.2) is 37.3 Å². The van der Waals surface area contributed by atoms with Crippen molar-refractivity contribution in [3.8, 4) is 0 Å². The summed E-state index contributed by atoms with van der Waals surface area (Å²) in [6, 6.07) is 10.3. The summed E-state index contributed by atoms with van der Waals surface area (Å²) in [4.78, 5) is 1.58. The minimum Gasteiger partial charge on any atom is -0.314 e. The normalized spacial score (nSPS) is 11.4. The van der Waals surface area contributed by atoms with Gasteiger partial charge in [-0.1, -0.05) is 0 Å². The molecule has 0 saturated heterocycles. The molecule has 0 amide bonds. The number of hydrogen-bond acceptors (Lipinski definition) is 5. The highest BCUT2D eigenvalue weighted by atomic mass is 32.2. The number of halogens is 2. The minimum atomic E-state index is -3.94. The van der Waals surface area contributed by atoms with Gasteiger partial charge in [0.1, 0.15) is 11.6 Å². The van der Waals surface area contributed by atoms with E-state index in [1.54, 1.807) is 31.1 Å². The fraction of sp³-hybridized carbons (Fsp3) is 0.176. The summed E-state index contributed by atoms with van der Waals surface area (Å²) < 4.78 is 54.1. The molecule has 142 valence electrons. The zero-order valence-electron chi connectivity index (χ0n) is 14.8. The van der Waals surface area contributed by atoms with Gasteiger partial charge in [0.25, 0.3) is 10.0 Å². The molecule has 3 aromatic rings. The molecule has 0 radical (unpaired) electrons. The van der Waals surface area contributed by atoms with E-state index in [2.05, 4.69) is 10.2 Å². The molecule has 0 atom stereocenters. The van der Waals surface area contributed by atoms with E-state index in [4.69, 9.17) is 0 Å². The van der Waals surface area contributed by atoms with Crippen LogP contribution in [0.2, 0.25) is 0 Å². The molecule has 0 spiro atoms. The first-order valence-electron chi connectivity index (χ1n) is 7.85. The Bertz CT molecular complexity index is 1050. The van der Waals surface area contributed by atoms with E-state index in [0.717, 1.165) is 16.4 Å². The first-order valence-corrected chi connectivity index (χ1v) is 9.29. The van der Waals surface area contributed by atoms with Crippen LogP contribution in [0.15, 0.2) is 53.4 Å². The Morgan fingerprint density at radius 2 is 1.33 bits per heavy atom. The number of rotatable bonds is 5. The maximum atomic E-state index is 13.1. The molecule has 10 heteroatoms. The van der Waals surface area contributed by atoms with E-state index in [1.165, 1.54) is 35.9 Å². The molecule has 0 aliphatic carbocycles. The van der Waals surface area contributed by atoms with Crippen molar-refractivity contribution >= 4 is 27.6 Å². The highest BCUT2D eigenvalue weighted by Gasteiger charge is 2.26. The Hall–Kier alpha value is -3.01. The average molecular weight is 393 g/mol. The highest BCUT2D eigenvalue weighted by Crippen LogP contribution is 2.26. The van der Waals surface area contributed by atoms with Crippen molar-refractivity contribution in [2.24, 2.45) is 7.05 Å². The number of nitrogens with zero attached hydrogens (tertiary/aromatic N) is 5. The molecule has 0 aliphatic heterocycles. The van der Waals surface area contributed by atoms with Crippen molar-refractivity contribution in [3.63, 3.8) is 0 Å². The second kappa shape index (κ2) is 6.95. The number of anilines is 3. The second-order valence-corrected chi connectivity index (χ2v) is 7.79. The lowest BCUT2D eigenvalue weighted by Gasteiger charge is -2.21. The molecule has 1 heterocycles. The zero-order valence-corrected chi connectivity index (χ0v) is 15.7. The van der Waals surface area contributed by atoms with Crippen molar-refractivity contribution in [1.29, 1.82) is 0 Å². The summed E-state index contributed by atoms with van der Waals surface area (Å²) >= 11 is 0. The van der Waals surface area contributed by atoms with Gasteiger partial charge in [0, 0.05) is 26.8 Å². The molecular weight excluding hydrogens is 376 g/mol. The van der Waals surface area contributed by atoms with E-state index in [-0.39, 0.29) is 16.7 Å². The van der Waals surface area contributed by atoms with E-state index in [0.29, 0.717) is 11.6 Å². The van der Waals surface area contributed by atoms with Gasteiger partial charge in [-0.2, -0.15) is 0 Å². The van der Waals surface area contributed by atoms with Crippen LogP contribution in [0.5, 0.6) is 0 Å². The average Bonchev–Trinajstić information content (AvgIpc) is 3.02. The van der Waals surface area contributed by atoms with Gasteiger partial charge in [0.2, 0.25) is 11.9 Å². The third-order valence-corrected chi connectivity index (χ3v) is 5.85. The summed E-state index contributed by atoms with van der Waals surface area (Å²) in [6.45, 7) is 0. The number of aromatic nitrogens is 3. The fourth-order valence-corrected chi connectivity index (χ4v) is 3.70.